The number of benzene rings is 2. The van der Waals surface area contributed by atoms with Crippen molar-refractivity contribution in [2.75, 3.05) is 6.61 Å². The first-order valence-corrected chi connectivity index (χ1v) is 6.40. The lowest BCUT2D eigenvalue weighted by atomic mass is 10.1. The van der Waals surface area contributed by atoms with Gasteiger partial charge >= 0.3 is 0 Å². The Balaban J connectivity index is 2.10. The molecule has 0 aliphatic rings. The van der Waals surface area contributed by atoms with Crippen LogP contribution in [-0.4, -0.2) is 12.4 Å². The summed E-state index contributed by atoms with van der Waals surface area (Å²) in [6.07, 6.45) is 3.19. The Labute approximate surface area is 117 Å². The highest BCUT2D eigenvalue weighted by Gasteiger charge is 2.01. The van der Waals surface area contributed by atoms with E-state index in [1.807, 2.05) is 31.2 Å². The maximum atomic E-state index is 12.8. The Hall–Kier alpha value is -2.42. The monoisotopic (exact) mass is 270 g/mol. The number of carbonyl (C=O) groups is 1. The molecule has 0 amide bonds. The van der Waals surface area contributed by atoms with E-state index in [9.17, 15) is 9.18 Å². The van der Waals surface area contributed by atoms with Gasteiger partial charge in [-0.25, -0.2) is 4.39 Å². The maximum Gasteiger partial charge on any atom is 0.185 e. The van der Waals surface area contributed by atoms with Crippen LogP contribution in [0.25, 0.3) is 6.08 Å². The number of allylic oxidation sites excluding steroid dienone is 1. The lowest BCUT2D eigenvalue weighted by molar-refractivity contribution is 0.104. The molecule has 2 aromatic rings. The van der Waals surface area contributed by atoms with Crippen molar-refractivity contribution in [3.8, 4) is 5.75 Å². The predicted molar refractivity (Wildman–Crippen MR) is 77.4 cm³/mol. The van der Waals surface area contributed by atoms with Crippen molar-refractivity contribution < 1.29 is 13.9 Å². The fraction of sp³-hybridized carbons (Fsp3) is 0.118. The lowest BCUT2D eigenvalue weighted by Crippen LogP contribution is -1.94. The van der Waals surface area contributed by atoms with Crippen LogP contribution in [0.5, 0.6) is 5.75 Å². The van der Waals surface area contributed by atoms with E-state index < -0.39 is 0 Å². The van der Waals surface area contributed by atoms with Crippen LogP contribution in [0.15, 0.2) is 54.6 Å². The number of hydrogen-bond donors (Lipinski definition) is 0. The minimum absolute atomic E-state index is 0.160. The molecule has 102 valence electrons. The average molecular weight is 270 g/mol. The van der Waals surface area contributed by atoms with Crippen molar-refractivity contribution in [2.45, 2.75) is 6.92 Å². The zero-order chi connectivity index (χ0) is 14.4. The highest BCUT2D eigenvalue weighted by molar-refractivity contribution is 6.06. The topological polar surface area (TPSA) is 26.3 Å². The van der Waals surface area contributed by atoms with Gasteiger partial charge in [0.25, 0.3) is 0 Å². The number of ketones is 1. The largest absolute Gasteiger partial charge is 0.494 e. The highest BCUT2D eigenvalue weighted by Crippen LogP contribution is 2.15. The molecule has 0 saturated heterocycles. The summed E-state index contributed by atoms with van der Waals surface area (Å²) >= 11 is 0. The first kappa shape index (κ1) is 14.0. The number of rotatable bonds is 5. The maximum absolute atomic E-state index is 12.8. The number of hydrogen-bond acceptors (Lipinski definition) is 2. The van der Waals surface area contributed by atoms with Crippen LogP contribution >= 0.6 is 0 Å². The van der Waals surface area contributed by atoms with Gasteiger partial charge < -0.3 is 4.74 Å². The third-order valence-corrected chi connectivity index (χ3v) is 2.72. The van der Waals surface area contributed by atoms with Crippen LogP contribution in [-0.2, 0) is 0 Å². The highest BCUT2D eigenvalue weighted by atomic mass is 19.1. The molecule has 0 spiro atoms. The smallest absolute Gasteiger partial charge is 0.185 e. The van der Waals surface area contributed by atoms with Gasteiger partial charge in [-0.2, -0.15) is 0 Å². The zero-order valence-corrected chi connectivity index (χ0v) is 11.2. The Bertz CT molecular complexity index is 615. The summed E-state index contributed by atoms with van der Waals surface area (Å²) < 4.78 is 18.2. The second kappa shape index (κ2) is 6.66. The van der Waals surface area contributed by atoms with Crippen LogP contribution in [0.1, 0.15) is 22.8 Å². The molecule has 2 rings (SSSR count). The molecule has 0 N–H and O–H groups in total. The predicted octanol–water partition coefficient (Wildman–Crippen LogP) is 4.12. The van der Waals surface area contributed by atoms with Gasteiger partial charge in [0.1, 0.15) is 11.6 Å². The van der Waals surface area contributed by atoms with Crippen LogP contribution in [0.3, 0.4) is 0 Å². The van der Waals surface area contributed by atoms with Gasteiger partial charge in [0.15, 0.2) is 5.78 Å². The molecule has 0 unspecified atom stereocenters. The average Bonchev–Trinajstić information content (AvgIpc) is 2.46. The standard InChI is InChI=1S/C17H15FO2/c1-2-20-16-5-3-4-13(12-16)6-11-17(19)14-7-9-15(18)10-8-14/h3-12H,2H2,1H3/b11-6+. The second-order valence-electron chi connectivity index (χ2n) is 4.21. The van der Waals surface area contributed by atoms with Crippen LogP contribution in [0.2, 0.25) is 0 Å². The lowest BCUT2D eigenvalue weighted by Gasteiger charge is -2.03. The molecule has 0 heterocycles. The Kier molecular flexibility index (Phi) is 4.66. The molecule has 3 heteroatoms. The van der Waals surface area contributed by atoms with Gasteiger partial charge in [0.2, 0.25) is 0 Å². The van der Waals surface area contributed by atoms with E-state index >= 15 is 0 Å². The molecule has 0 atom stereocenters. The van der Waals surface area contributed by atoms with Gasteiger partial charge in [-0.1, -0.05) is 18.2 Å². The van der Waals surface area contributed by atoms with E-state index in [1.54, 1.807) is 6.08 Å². The Morgan fingerprint density at radius 1 is 1.20 bits per heavy atom. The number of carbonyl (C=O) groups excluding carboxylic acids is 1. The first-order valence-electron chi connectivity index (χ1n) is 6.40. The Morgan fingerprint density at radius 3 is 2.65 bits per heavy atom. The van der Waals surface area contributed by atoms with Crippen molar-refractivity contribution in [3.63, 3.8) is 0 Å². The molecular weight excluding hydrogens is 255 g/mol. The summed E-state index contributed by atoms with van der Waals surface area (Å²) in [6, 6.07) is 13.0. The van der Waals surface area contributed by atoms with Crippen molar-refractivity contribution in [2.24, 2.45) is 0 Å². The quantitative estimate of drug-likeness (QED) is 0.603. The molecule has 0 saturated carbocycles. The van der Waals surface area contributed by atoms with E-state index in [2.05, 4.69) is 0 Å². The van der Waals surface area contributed by atoms with E-state index in [1.165, 1.54) is 30.3 Å². The molecule has 0 radical (unpaired) electrons. The zero-order valence-electron chi connectivity index (χ0n) is 11.2. The van der Waals surface area contributed by atoms with E-state index in [-0.39, 0.29) is 11.6 Å². The van der Waals surface area contributed by atoms with Gasteiger partial charge in [0, 0.05) is 5.56 Å². The molecule has 0 bridgehead atoms. The molecule has 0 aliphatic heterocycles. The van der Waals surface area contributed by atoms with Gasteiger partial charge in [-0.3, -0.25) is 4.79 Å². The van der Waals surface area contributed by atoms with Gasteiger partial charge in [0.05, 0.1) is 6.61 Å². The van der Waals surface area contributed by atoms with Crippen molar-refractivity contribution in [3.05, 3.63) is 71.6 Å². The summed E-state index contributed by atoms with van der Waals surface area (Å²) in [6.45, 7) is 2.52. The minimum Gasteiger partial charge on any atom is -0.494 e. The van der Waals surface area contributed by atoms with Crippen LogP contribution < -0.4 is 4.74 Å². The molecule has 2 aromatic carbocycles. The summed E-state index contributed by atoms with van der Waals surface area (Å²) in [4.78, 5) is 11.9. The van der Waals surface area contributed by atoms with Crippen LogP contribution in [0, 0.1) is 5.82 Å². The summed E-state index contributed by atoms with van der Waals surface area (Å²) in [5.41, 5.74) is 1.34. The van der Waals surface area contributed by atoms with Crippen LogP contribution in [0.4, 0.5) is 4.39 Å². The van der Waals surface area contributed by atoms with E-state index in [4.69, 9.17) is 4.74 Å². The fourth-order valence-electron chi connectivity index (χ4n) is 1.76. The number of halogens is 1. The third-order valence-electron chi connectivity index (χ3n) is 2.72. The molecule has 0 aliphatic carbocycles. The van der Waals surface area contributed by atoms with Gasteiger partial charge in [-0.15, -0.1) is 0 Å². The number of ether oxygens (including phenoxy) is 1. The molecule has 0 fully saturated rings. The second-order valence-corrected chi connectivity index (χ2v) is 4.21. The van der Waals surface area contributed by atoms with Gasteiger partial charge in [-0.05, 0) is 55.0 Å². The van der Waals surface area contributed by atoms with Crippen molar-refractivity contribution >= 4 is 11.9 Å². The normalized spacial score (nSPS) is 10.7. The molecular formula is C17H15FO2. The summed E-state index contributed by atoms with van der Waals surface area (Å²) in [7, 11) is 0. The van der Waals surface area contributed by atoms with Crippen molar-refractivity contribution in [1.82, 2.24) is 0 Å². The van der Waals surface area contributed by atoms with E-state index in [0.717, 1.165) is 11.3 Å². The van der Waals surface area contributed by atoms with Crippen molar-refractivity contribution in [1.29, 1.82) is 0 Å². The fourth-order valence-corrected chi connectivity index (χ4v) is 1.76. The SMILES string of the molecule is CCOc1cccc(/C=C/C(=O)c2ccc(F)cc2)c1. The minimum atomic E-state index is -0.352. The van der Waals surface area contributed by atoms with E-state index in [0.29, 0.717) is 12.2 Å². The first-order chi connectivity index (χ1) is 9.69. The molecule has 20 heavy (non-hydrogen) atoms. The molecule has 0 aromatic heterocycles. The summed E-state index contributed by atoms with van der Waals surface area (Å²) in [5, 5.41) is 0. The third kappa shape index (κ3) is 3.79. The summed E-state index contributed by atoms with van der Waals surface area (Å²) in [5.74, 6) is 0.255. The molecule has 2 nitrogen and oxygen atoms in total. The Morgan fingerprint density at radius 2 is 1.95 bits per heavy atom.